The Morgan fingerprint density at radius 2 is 1.73 bits per heavy atom. The molecule has 1 aromatic heterocycles. The van der Waals surface area contributed by atoms with Gasteiger partial charge in [0.25, 0.3) is 5.56 Å². The van der Waals surface area contributed by atoms with Crippen LogP contribution < -0.4 is 15.8 Å². The first-order valence-electron chi connectivity index (χ1n) is 8.79. The molecule has 2 heterocycles. The highest BCUT2D eigenvalue weighted by Gasteiger charge is 2.20. The molecule has 2 aromatic rings. The van der Waals surface area contributed by atoms with E-state index in [1.54, 1.807) is 19.3 Å². The number of hydrogen-bond donors (Lipinski definition) is 1. The van der Waals surface area contributed by atoms with E-state index in [0.29, 0.717) is 6.54 Å². The molecule has 0 radical (unpaired) electrons. The summed E-state index contributed by atoms with van der Waals surface area (Å²) in [6.45, 7) is 7.50. The molecule has 0 aliphatic carbocycles. The Labute approximate surface area is 153 Å². The van der Waals surface area contributed by atoms with Crippen molar-refractivity contribution in [3.63, 3.8) is 0 Å². The van der Waals surface area contributed by atoms with Crippen LogP contribution in [0.3, 0.4) is 0 Å². The number of anilines is 2. The summed E-state index contributed by atoms with van der Waals surface area (Å²) in [6, 6.07) is 7.65. The minimum Gasteiger partial charge on any atom is -0.368 e. The van der Waals surface area contributed by atoms with Crippen LogP contribution in [0.4, 0.5) is 11.4 Å². The van der Waals surface area contributed by atoms with Crippen molar-refractivity contribution in [2.75, 3.05) is 42.9 Å². The van der Waals surface area contributed by atoms with Crippen LogP contribution in [0.5, 0.6) is 0 Å². The van der Waals surface area contributed by atoms with Gasteiger partial charge in [-0.1, -0.05) is 6.07 Å². The van der Waals surface area contributed by atoms with Crippen LogP contribution in [-0.2, 0) is 11.8 Å². The first-order chi connectivity index (χ1) is 12.4. The maximum absolute atomic E-state index is 12.3. The SMILES string of the molecule is Cc1cc(C)cc(NC(=O)CN2CCN(c3cnn(C)c(=O)c3)CC2)c1. The number of nitrogens with zero attached hydrogens (tertiary/aromatic N) is 4. The van der Waals surface area contributed by atoms with Crippen molar-refractivity contribution in [2.24, 2.45) is 7.05 Å². The summed E-state index contributed by atoms with van der Waals surface area (Å²) in [7, 11) is 1.64. The number of rotatable bonds is 4. The summed E-state index contributed by atoms with van der Waals surface area (Å²) in [5.41, 5.74) is 3.84. The highest BCUT2D eigenvalue weighted by atomic mass is 16.2. The fourth-order valence-electron chi connectivity index (χ4n) is 3.25. The molecule has 1 N–H and O–H groups in total. The largest absolute Gasteiger partial charge is 0.368 e. The number of carbonyl (C=O) groups is 1. The molecule has 0 saturated carbocycles. The highest BCUT2D eigenvalue weighted by molar-refractivity contribution is 5.92. The number of hydrogen-bond acceptors (Lipinski definition) is 5. The van der Waals surface area contributed by atoms with E-state index in [1.165, 1.54) is 4.68 Å². The van der Waals surface area contributed by atoms with E-state index < -0.39 is 0 Å². The zero-order valence-electron chi connectivity index (χ0n) is 15.5. The molecule has 1 fully saturated rings. The van der Waals surface area contributed by atoms with Gasteiger partial charge in [-0.05, 0) is 37.1 Å². The molecule has 1 aromatic carbocycles. The lowest BCUT2D eigenvalue weighted by Crippen LogP contribution is -2.49. The lowest BCUT2D eigenvalue weighted by molar-refractivity contribution is -0.117. The highest BCUT2D eigenvalue weighted by Crippen LogP contribution is 2.15. The van der Waals surface area contributed by atoms with Crippen molar-refractivity contribution >= 4 is 17.3 Å². The topological polar surface area (TPSA) is 70.5 Å². The Morgan fingerprint density at radius 3 is 2.35 bits per heavy atom. The first-order valence-corrected chi connectivity index (χ1v) is 8.79. The van der Waals surface area contributed by atoms with E-state index in [1.807, 2.05) is 26.0 Å². The molecule has 1 aliphatic heterocycles. The lowest BCUT2D eigenvalue weighted by atomic mass is 10.1. The van der Waals surface area contributed by atoms with Crippen LogP contribution >= 0.6 is 0 Å². The van der Waals surface area contributed by atoms with Gasteiger partial charge < -0.3 is 10.2 Å². The maximum Gasteiger partial charge on any atom is 0.268 e. The first kappa shape index (κ1) is 18.1. The van der Waals surface area contributed by atoms with Gasteiger partial charge in [-0.15, -0.1) is 0 Å². The van der Waals surface area contributed by atoms with Crippen LogP contribution in [0.1, 0.15) is 11.1 Å². The normalized spacial score (nSPS) is 15.1. The lowest BCUT2D eigenvalue weighted by Gasteiger charge is -2.35. The van der Waals surface area contributed by atoms with E-state index >= 15 is 0 Å². The average Bonchev–Trinajstić information content (AvgIpc) is 2.57. The van der Waals surface area contributed by atoms with Crippen molar-refractivity contribution in [2.45, 2.75) is 13.8 Å². The van der Waals surface area contributed by atoms with Crippen LogP contribution in [0.15, 0.2) is 35.3 Å². The van der Waals surface area contributed by atoms with E-state index in [2.05, 4.69) is 26.3 Å². The molecule has 3 rings (SSSR count). The molecule has 1 saturated heterocycles. The number of nitrogens with one attached hydrogen (secondary N) is 1. The zero-order chi connectivity index (χ0) is 18.7. The standard InChI is InChI=1S/C19H25N5O2/c1-14-8-15(2)10-16(9-14)21-18(25)13-23-4-6-24(7-5-23)17-11-19(26)22(3)20-12-17/h8-12H,4-7,13H2,1-3H3,(H,21,25). The third kappa shape index (κ3) is 4.49. The third-order valence-electron chi connectivity index (χ3n) is 4.56. The van der Waals surface area contributed by atoms with Crippen LogP contribution in [0.25, 0.3) is 0 Å². The maximum atomic E-state index is 12.3. The van der Waals surface area contributed by atoms with E-state index in [-0.39, 0.29) is 11.5 Å². The van der Waals surface area contributed by atoms with Crippen LogP contribution in [0, 0.1) is 13.8 Å². The predicted octanol–water partition coefficient (Wildman–Crippen LogP) is 1.16. The summed E-state index contributed by atoms with van der Waals surface area (Å²) in [6.07, 6.45) is 1.71. The zero-order valence-corrected chi connectivity index (χ0v) is 15.5. The van der Waals surface area contributed by atoms with Crippen LogP contribution in [-0.4, -0.2) is 53.3 Å². The van der Waals surface area contributed by atoms with Gasteiger partial charge in [-0.3, -0.25) is 14.5 Å². The quantitative estimate of drug-likeness (QED) is 0.891. The molecular weight excluding hydrogens is 330 g/mol. The van der Waals surface area contributed by atoms with Crippen molar-refractivity contribution in [1.29, 1.82) is 0 Å². The minimum atomic E-state index is -0.113. The molecule has 1 amide bonds. The van der Waals surface area contributed by atoms with Crippen molar-refractivity contribution in [3.8, 4) is 0 Å². The minimum absolute atomic E-state index is 0.00121. The number of aromatic nitrogens is 2. The van der Waals surface area contributed by atoms with Gasteiger partial charge in [0.05, 0.1) is 18.4 Å². The van der Waals surface area contributed by atoms with Gasteiger partial charge >= 0.3 is 0 Å². The van der Waals surface area contributed by atoms with Gasteiger partial charge in [0.15, 0.2) is 0 Å². The Balaban J connectivity index is 1.52. The van der Waals surface area contributed by atoms with Crippen molar-refractivity contribution < 1.29 is 4.79 Å². The molecule has 26 heavy (non-hydrogen) atoms. The summed E-state index contributed by atoms with van der Waals surface area (Å²) in [4.78, 5) is 28.3. The molecule has 7 heteroatoms. The number of amides is 1. The molecule has 138 valence electrons. The number of piperazine rings is 1. The summed E-state index contributed by atoms with van der Waals surface area (Å²) in [5.74, 6) is -0.00121. The number of carbonyl (C=O) groups excluding carboxylic acids is 1. The second-order valence-corrected chi connectivity index (χ2v) is 6.86. The van der Waals surface area contributed by atoms with Crippen molar-refractivity contribution in [3.05, 3.63) is 51.9 Å². The average molecular weight is 355 g/mol. The van der Waals surface area contributed by atoms with Crippen molar-refractivity contribution in [1.82, 2.24) is 14.7 Å². The van der Waals surface area contributed by atoms with E-state index in [4.69, 9.17) is 0 Å². The second-order valence-electron chi connectivity index (χ2n) is 6.86. The smallest absolute Gasteiger partial charge is 0.268 e. The van der Waals surface area contributed by atoms with Gasteiger partial charge in [-0.2, -0.15) is 5.10 Å². The summed E-state index contributed by atoms with van der Waals surface area (Å²) >= 11 is 0. The fourth-order valence-corrected chi connectivity index (χ4v) is 3.25. The van der Waals surface area contributed by atoms with E-state index in [9.17, 15) is 9.59 Å². The molecule has 0 spiro atoms. The number of benzene rings is 1. The second kappa shape index (κ2) is 7.70. The van der Waals surface area contributed by atoms with Gasteiger partial charge in [0, 0.05) is 45.0 Å². The van der Waals surface area contributed by atoms with Gasteiger partial charge in [-0.25, -0.2) is 4.68 Å². The Hall–Kier alpha value is -2.67. The molecule has 1 aliphatic rings. The molecule has 0 bridgehead atoms. The molecule has 0 atom stereocenters. The monoisotopic (exact) mass is 355 g/mol. The predicted molar refractivity (Wildman–Crippen MR) is 103 cm³/mol. The van der Waals surface area contributed by atoms with E-state index in [0.717, 1.165) is 48.7 Å². The Morgan fingerprint density at radius 1 is 1.08 bits per heavy atom. The third-order valence-corrected chi connectivity index (χ3v) is 4.56. The Kier molecular flexibility index (Phi) is 5.37. The molecule has 7 nitrogen and oxygen atoms in total. The van der Waals surface area contributed by atoms with Gasteiger partial charge in [0.1, 0.15) is 0 Å². The summed E-state index contributed by atoms with van der Waals surface area (Å²) < 4.78 is 1.32. The number of aryl methyl sites for hydroxylation is 3. The fraction of sp³-hybridized carbons (Fsp3) is 0.421. The van der Waals surface area contributed by atoms with Gasteiger partial charge in [0.2, 0.25) is 5.91 Å². The molecule has 0 unspecified atom stereocenters. The Bertz CT molecular complexity index is 833. The molecular formula is C19H25N5O2. The summed E-state index contributed by atoms with van der Waals surface area (Å²) in [5, 5.41) is 7.05. The van der Waals surface area contributed by atoms with Crippen LogP contribution in [0.2, 0.25) is 0 Å².